The maximum Gasteiger partial charge on any atom is 0.223 e. The van der Waals surface area contributed by atoms with Gasteiger partial charge in [0.25, 0.3) is 0 Å². The molecule has 17 heavy (non-hydrogen) atoms. The van der Waals surface area contributed by atoms with Crippen molar-refractivity contribution in [1.29, 1.82) is 0 Å². The highest BCUT2D eigenvalue weighted by Crippen LogP contribution is 2.24. The van der Waals surface area contributed by atoms with Crippen molar-refractivity contribution in [2.24, 2.45) is 11.7 Å². The summed E-state index contributed by atoms with van der Waals surface area (Å²) in [5.41, 5.74) is 8.19. The molecule has 2 unspecified atom stereocenters. The topological polar surface area (TPSA) is 55.1 Å². The molecule has 1 amide bonds. The lowest BCUT2D eigenvalue weighted by Crippen LogP contribution is -2.29. The second kappa shape index (κ2) is 5.32. The van der Waals surface area contributed by atoms with Crippen LogP contribution in [0.5, 0.6) is 0 Å². The van der Waals surface area contributed by atoms with Gasteiger partial charge in [-0.25, -0.2) is 0 Å². The predicted molar refractivity (Wildman–Crippen MR) is 68.3 cm³/mol. The molecule has 0 radical (unpaired) electrons. The molecule has 0 bridgehead atoms. The van der Waals surface area contributed by atoms with Gasteiger partial charge in [-0.15, -0.1) is 0 Å². The van der Waals surface area contributed by atoms with E-state index in [2.05, 4.69) is 24.4 Å². The van der Waals surface area contributed by atoms with E-state index in [4.69, 9.17) is 5.73 Å². The van der Waals surface area contributed by atoms with Crippen LogP contribution in [0.4, 0.5) is 0 Å². The van der Waals surface area contributed by atoms with Gasteiger partial charge >= 0.3 is 0 Å². The average Bonchev–Trinajstić information content (AvgIpc) is 2.73. The van der Waals surface area contributed by atoms with Gasteiger partial charge in [-0.2, -0.15) is 0 Å². The number of nitrogens with one attached hydrogen (secondary N) is 1. The minimum Gasteiger partial charge on any atom is -0.352 e. The summed E-state index contributed by atoms with van der Waals surface area (Å²) in [6.07, 6.45) is 2.74. The van der Waals surface area contributed by atoms with Crippen LogP contribution in [0.1, 0.15) is 30.4 Å². The summed E-state index contributed by atoms with van der Waals surface area (Å²) in [5, 5.41) is 2.99. The number of hydrogen-bond donors (Lipinski definition) is 2. The van der Waals surface area contributed by atoms with E-state index in [1.54, 1.807) is 0 Å². The Morgan fingerprint density at radius 1 is 1.47 bits per heavy atom. The molecule has 1 aliphatic rings. The maximum absolute atomic E-state index is 11.9. The van der Waals surface area contributed by atoms with E-state index >= 15 is 0 Å². The second-order valence-electron chi connectivity index (χ2n) is 4.98. The smallest absolute Gasteiger partial charge is 0.223 e. The Labute approximate surface area is 102 Å². The number of aryl methyl sites for hydroxylation is 1. The standard InChI is InChI=1S/C14H20N2O/c1-10-3-2-4-11(7-10)9-16-14(17)12-5-6-13(15)8-12/h2-4,7,12-13H,5-6,8-9,15H2,1H3,(H,16,17). The van der Waals surface area contributed by atoms with Gasteiger partial charge < -0.3 is 11.1 Å². The molecule has 3 nitrogen and oxygen atoms in total. The van der Waals surface area contributed by atoms with Gasteiger partial charge in [-0.1, -0.05) is 29.8 Å². The van der Waals surface area contributed by atoms with Gasteiger partial charge in [0.05, 0.1) is 0 Å². The van der Waals surface area contributed by atoms with Crippen molar-refractivity contribution < 1.29 is 4.79 Å². The highest BCUT2D eigenvalue weighted by atomic mass is 16.1. The quantitative estimate of drug-likeness (QED) is 0.834. The molecule has 0 heterocycles. The predicted octanol–water partition coefficient (Wildman–Crippen LogP) is 1.74. The molecule has 1 fully saturated rings. The molecule has 0 spiro atoms. The lowest BCUT2D eigenvalue weighted by atomic mass is 10.1. The van der Waals surface area contributed by atoms with E-state index in [1.165, 1.54) is 5.56 Å². The second-order valence-corrected chi connectivity index (χ2v) is 4.98. The molecule has 0 saturated heterocycles. The molecule has 0 aliphatic heterocycles. The number of rotatable bonds is 3. The van der Waals surface area contributed by atoms with Crippen LogP contribution >= 0.6 is 0 Å². The summed E-state index contributed by atoms with van der Waals surface area (Å²) in [7, 11) is 0. The first-order valence-corrected chi connectivity index (χ1v) is 6.24. The summed E-state index contributed by atoms with van der Waals surface area (Å²) >= 11 is 0. The fourth-order valence-corrected chi connectivity index (χ4v) is 2.41. The molecular weight excluding hydrogens is 212 g/mol. The third-order valence-corrected chi connectivity index (χ3v) is 3.39. The van der Waals surface area contributed by atoms with Crippen molar-refractivity contribution in [3.8, 4) is 0 Å². The lowest BCUT2D eigenvalue weighted by molar-refractivity contribution is -0.125. The Morgan fingerprint density at radius 2 is 2.29 bits per heavy atom. The number of benzene rings is 1. The average molecular weight is 232 g/mol. The first-order valence-electron chi connectivity index (χ1n) is 6.24. The van der Waals surface area contributed by atoms with Crippen LogP contribution < -0.4 is 11.1 Å². The highest BCUT2D eigenvalue weighted by Gasteiger charge is 2.27. The molecule has 1 aliphatic carbocycles. The first kappa shape index (κ1) is 12.1. The Kier molecular flexibility index (Phi) is 3.79. The lowest BCUT2D eigenvalue weighted by Gasteiger charge is -2.11. The molecule has 1 aromatic carbocycles. The number of hydrogen-bond acceptors (Lipinski definition) is 2. The van der Waals surface area contributed by atoms with Crippen molar-refractivity contribution in [2.45, 2.75) is 38.8 Å². The van der Waals surface area contributed by atoms with Crippen LogP contribution in [-0.2, 0) is 11.3 Å². The number of amides is 1. The van der Waals surface area contributed by atoms with E-state index in [0.717, 1.165) is 24.8 Å². The fraction of sp³-hybridized carbons (Fsp3) is 0.500. The highest BCUT2D eigenvalue weighted by molar-refractivity contribution is 5.79. The van der Waals surface area contributed by atoms with Crippen LogP contribution in [-0.4, -0.2) is 11.9 Å². The van der Waals surface area contributed by atoms with Crippen molar-refractivity contribution in [3.05, 3.63) is 35.4 Å². The number of carbonyl (C=O) groups excluding carboxylic acids is 1. The summed E-state index contributed by atoms with van der Waals surface area (Å²) in [4.78, 5) is 11.9. The van der Waals surface area contributed by atoms with E-state index in [9.17, 15) is 4.79 Å². The van der Waals surface area contributed by atoms with Gasteiger partial charge in [0, 0.05) is 18.5 Å². The van der Waals surface area contributed by atoms with Crippen molar-refractivity contribution >= 4 is 5.91 Å². The van der Waals surface area contributed by atoms with Gasteiger partial charge in [-0.3, -0.25) is 4.79 Å². The third-order valence-electron chi connectivity index (χ3n) is 3.39. The summed E-state index contributed by atoms with van der Waals surface area (Å²) in [6.45, 7) is 2.67. The maximum atomic E-state index is 11.9. The van der Waals surface area contributed by atoms with Gasteiger partial charge in [-0.05, 0) is 31.7 Å². The largest absolute Gasteiger partial charge is 0.352 e. The molecule has 2 atom stereocenters. The zero-order valence-corrected chi connectivity index (χ0v) is 10.3. The van der Waals surface area contributed by atoms with Gasteiger partial charge in [0.2, 0.25) is 5.91 Å². The summed E-state index contributed by atoms with van der Waals surface area (Å²) in [5.74, 6) is 0.272. The fourth-order valence-electron chi connectivity index (χ4n) is 2.41. The molecule has 2 rings (SSSR count). The number of carbonyl (C=O) groups is 1. The van der Waals surface area contributed by atoms with Crippen molar-refractivity contribution in [1.82, 2.24) is 5.32 Å². The first-order chi connectivity index (χ1) is 8.15. The normalized spacial score (nSPS) is 23.6. The molecule has 1 saturated carbocycles. The summed E-state index contributed by atoms with van der Waals surface area (Å²) < 4.78 is 0. The van der Waals surface area contributed by atoms with Crippen LogP contribution in [0.3, 0.4) is 0 Å². The number of nitrogens with two attached hydrogens (primary N) is 1. The Bertz CT molecular complexity index is 403. The Morgan fingerprint density at radius 3 is 2.94 bits per heavy atom. The van der Waals surface area contributed by atoms with Gasteiger partial charge in [0.1, 0.15) is 0 Å². The molecule has 92 valence electrons. The molecule has 3 heteroatoms. The van der Waals surface area contributed by atoms with E-state index in [1.807, 2.05) is 12.1 Å². The zero-order valence-electron chi connectivity index (χ0n) is 10.3. The Hall–Kier alpha value is -1.35. The molecule has 0 aromatic heterocycles. The van der Waals surface area contributed by atoms with Crippen molar-refractivity contribution in [2.75, 3.05) is 0 Å². The molecular formula is C14H20N2O. The van der Waals surface area contributed by atoms with E-state index in [-0.39, 0.29) is 17.9 Å². The molecule has 1 aromatic rings. The minimum absolute atomic E-state index is 0.120. The SMILES string of the molecule is Cc1cccc(CNC(=O)C2CCC(N)C2)c1. The summed E-state index contributed by atoms with van der Waals surface area (Å²) in [6, 6.07) is 8.42. The zero-order chi connectivity index (χ0) is 12.3. The van der Waals surface area contributed by atoms with Crippen LogP contribution in [0.25, 0.3) is 0 Å². The van der Waals surface area contributed by atoms with Crippen LogP contribution in [0.15, 0.2) is 24.3 Å². The van der Waals surface area contributed by atoms with Crippen molar-refractivity contribution in [3.63, 3.8) is 0 Å². The van der Waals surface area contributed by atoms with Gasteiger partial charge in [0.15, 0.2) is 0 Å². The van der Waals surface area contributed by atoms with Crippen LogP contribution in [0.2, 0.25) is 0 Å². The Balaban J connectivity index is 1.84. The monoisotopic (exact) mass is 232 g/mol. The van der Waals surface area contributed by atoms with Crippen LogP contribution in [0, 0.1) is 12.8 Å². The minimum atomic E-state index is 0.120. The third kappa shape index (κ3) is 3.30. The van der Waals surface area contributed by atoms with E-state index in [0.29, 0.717) is 6.54 Å². The molecule has 3 N–H and O–H groups in total. The van der Waals surface area contributed by atoms with E-state index < -0.39 is 0 Å².